The van der Waals surface area contributed by atoms with Gasteiger partial charge in [-0.15, -0.1) is 5.10 Å². The standard InChI is InChI=1S/C21H21ClN4O/c1-13-8-14(2)17-10-16(12-23-11-15-6-4-5-7-18(15)22)20-24-25(3)21(27)26(20)19(17)9-13/h4-10,23H,11-12H2,1-3H3. The van der Waals surface area contributed by atoms with Crippen molar-refractivity contribution in [3.8, 4) is 0 Å². The molecule has 0 aliphatic carbocycles. The summed E-state index contributed by atoms with van der Waals surface area (Å²) >= 11 is 6.24. The van der Waals surface area contributed by atoms with Crippen LogP contribution in [-0.4, -0.2) is 14.2 Å². The average Bonchev–Trinajstić information content (AvgIpc) is 2.93. The van der Waals surface area contributed by atoms with Crippen LogP contribution in [0.15, 0.2) is 47.3 Å². The molecule has 5 nitrogen and oxygen atoms in total. The number of hydrogen-bond acceptors (Lipinski definition) is 3. The molecule has 0 amide bonds. The summed E-state index contributed by atoms with van der Waals surface area (Å²) in [4.78, 5) is 12.7. The van der Waals surface area contributed by atoms with Crippen LogP contribution in [0.1, 0.15) is 22.3 Å². The molecule has 0 saturated carbocycles. The molecule has 27 heavy (non-hydrogen) atoms. The summed E-state index contributed by atoms with van der Waals surface area (Å²) < 4.78 is 3.10. The van der Waals surface area contributed by atoms with Gasteiger partial charge in [0.15, 0.2) is 5.65 Å². The maximum Gasteiger partial charge on any atom is 0.350 e. The van der Waals surface area contributed by atoms with Crippen molar-refractivity contribution in [2.45, 2.75) is 26.9 Å². The van der Waals surface area contributed by atoms with Gasteiger partial charge < -0.3 is 5.32 Å². The Balaban J connectivity index is 1.79. The molecule has 1 N–H and O–H groups in total. The molecule has 4 rings (SSSR count). The Bertz CT molecular complexity index is 1220. The highest BCUT2D eigenvalue weighted by Gasteiger charge is 2.14. The Kier molecular flexibility index (Phi) is 4.50. The van der Waals surface area contributed by atoms with Crippen molar-refractivity contribution in [3.63, 3.8) is 0 Å². The minimum absolute atomic E-state index is 0.132. The van der Waals surface area contributed by atoms with E-state index in [1.807, 2.05) is 37.3 Å². The summed E-state index contributed by atoms with van der Waals surface area (Å²) in [6.45, 7) is 5.35. The Hall–Kier alpha value is -2.63. The van der Waals surface area contributed by atoms with E-state index in [2.05, 4.69) is 29.5 Å². The van der Waals surface area contributed by atoms with Gasteiger partial charge >= 0.3 is 5.69 Å². The molecule has 0 bridgehead atoms. The summed E-state index contributed by atoms with van der Waals surface area (Å²) in [5, 5.41) is 9.70. The maximum absolute atomic E-state index is 12.7. The summed E-state index contributed by atoms with van der Waals surface area (Å²) in [5.41, 5.74) is 5.76. The Morgan fingerprint density at radius 2 is 1.81 bits per heavy atom. The number of rotatable bonds is 4. The number of aromatic nitrogens is 3. The van der Waals surface area contributed by atoms with Crippen molar-refractivity contribution in [1.29, 1.82) is 0 Å². The van der Waals surface area contributed by atoms with E-state index in [1.54, 1.807) is 11.4 Å². The maximum atomic E-state index is 12.7. The van der Waals surface area contributed by atoms with Crippen molar-refractivity contribution >= 4 is 28.2 Å². The molecule has 0 aliphatic heterocycles. The number of nitrogens with one attached hydrogen (secondary N) is 1. The second kappa shape index (κ2) is 6.83. The van der Waals surface area contributed by atoms with Gasteiger partial charge in [-0.1, -0.05) is 35.9 Å². The highest BCUT2D eigenvalue weighted by Crippen LogP contribution is 2.24. The van der Waals surface area contributed by atoms with Crippen molar-refractivity contribution in [2.75, 3.05) is 0 Å². The first kappa shape index (κ1) is 17.8. The van der Waals surface area contributed by atoms with Gasteiger partial charge in [-0.05, 0) is 48.7 Å². The minimum Gasteiger partial charge on any atom is -0.308 e. The Morgan fingerprint density at radius 1 is 1.07 bits per heavy atom. The molecule has 0 unspecified atom stereocenters. The Labute approximate surface area is 162 Å². The predicted octanol–water partition coefficient (Wildman–Crippen LogP) is 3.75. The zero-order valence-corrected chi connectivity index (χ0v) is 16.3. The molecular weight excluding hydrogens is 360 g/mol. The second-order valence-electron chi connectivity index (χ2n) is 6.94. The van der Waals surface area contributed by atoms with E-state index in [9.17, 15) is 4.79 Å². The quantitative estimate of drug-likeness (QED) is 0.586. The lowest BCUT2D eigenvalue weighted by molar-refractivity contribution is 0.693. The molecule has 0 atom stereocenters. The first-order chi connectivity index (χ1) is 13.0. The summed E-state index contributed by atoms with van der Waals surface area (Å²) in [7, 11) is 1.69. The van der Waals surface area contributed by atoms with Crippen LogP contribution in [-0.2, 0) is 20.1 Å². The van der Waals surface area contributed by atoms with E-state index < -0.39 is 0 Å². The normalized spacial score (nSPS) is 11.6. The fourth-order valence-electron chi connectivity index (χ4n) is 3.56. The number of pyridine rings is 1. The van der Waals surface area contributed by atoms with E-state index >= 15 is 0 Å². The average molecular weight is 381 g/mol. The van der Waals surface area contributed by atoms with Gasteiger partial charge in [0.05, 0.1) is 5.52 Å². The lowest BCUT2D eigenvalue weighted by atomic mass is 10.0. The van der Waals surface area contributed by atoms with E-state index in [1.165, 1.54) is 4.68 Å². The lowest BCUT2D eigenvalue weighted by Gasteiger charge is -2.11. The monoisotopic (exact) mass is 380 g/mol. The number of hydrogen-bond donors (Lipinski definition) is 1. The molecule has 0 fully saturated rings. The summed E-state index contributed by atoms with van der Waals surface area (Å²) in [5.74, 6) is 0. The van der Waals surface area contributed by atoms with Crippen LogP contribution in [0.2, 0.25) is 5.02 Å². The zero-order valence-electron chi connectivity index (χ0n) is 15.6. The largest absolute Gasteiger partial charge is 0.350 e. The van der Waals surface area contributed by atoms with Gasteiger partial charge in [-0.3, -0.25) is 0 Å². The van der Waals surface area contributed by atoms with Gasteiger partial charge in [0, 0.05) is 36.1 Å². The molecule has 0 aliphatic rings. The van der Waals surface area contributed by atoms with Crippen LogP contribution >= 0.6 is 11.6 Å². The van der Waals surface area contributed by atoms with E-state index in [4.69, 9.17) is 11.6 Å². The van der Waals surface area contributed by atoms with Gasteiger partial charge in [-0.2, -0.15) is 0 Å². The molecular formula is C21H21ClN4O. The van der Waals surface area contributed by atoms with Gasteiger partial charge in [0.2, 0.25) is 0 Å². The lowest BCUT2D eigenvalue weighted by Crippen LogP contribution is -2.19. The number of halogens is 1. The zero-order chi connectivity index (χ0) is 19.1. The van der Waals surface area contributed by atoms with Crippen LogP contribution in [0.5, 0.6) is 0 Å². The molecule has 2 aromatic heterocycles. The molecule has 4 aromatic rings. The highest BCUT2D eigenvalue weighted by molar-refractivity contribution is 6.31. The molecule has 2 aromatic carbocycles. The molecule has 0 saturated heterocycles. The van der Waals surface area contributed by atoms with Crippen molar-refractivity contribution in [2.24, 2.45) is 7.05 Å². The third-order valence-electron chi connectivity index (χ3n) is 4.87. The molecule has 2 heterocycles. The fraction of sp³-hybridized carbons (Fsp3) is 0.238. The summed E-state index contributed by atoms with van der Waals surface area (Å²) in [6, 6.07) is 14.1. The van der Waals surface area contributed by atoms with Gasteiger partial charge in [0.25, 0.3) is 0 Å². The van der Waals surface area contributed by atoms with Gasteiger partial charge in [0.1, 0.15) is 0 Å². The fourth-order valence-corrected chi connectivity index (χ4v) is 3.76. The SMILES string of the molecule is Cc1cc(C)c2cc(CNCc3ccccc3Cl)c3nn(C)c(=O)n3c2c1. The van der Waals surface area contributed by atoms with Crippen molar-refractivity contribution in [1.82, 2.24) is 19.5 Å². The van der Waals surface area contributed by atoms with Crippen LogP contribution in [0.4, 0.5) is 0 Å². The van der Waals surface area contributed by atoms with Crippen molar-refractivity contribution in [3.05, 3.63) is 80.2 Å². The van der Waals surface area contributed by atoms with Crippen LogP contribution in [0.25, 0.3) is 16.6 Å². The number of aryl methyl sites for hydroxylation is 3. The first-order valence-electron chi connectivity index (χ1n) is 8.88. The third-order valence-corrected chi connectivity index (χ3v) is 5.24. The highest BCUT2D eigenvalue weighted by atomic mass is 35.5. The molecule has 0 radical (unpaired) electrons. The first-order valence-corrected chi connectivity index (χ1v) is 9.26. The number of benzene rings is 2. The second-order valence-corrected chi connectivity index (χ2v) is 7.35. The van der Waals surface area contributed by atoms with E-state index in [-0.39, 0.29) is 5.69 Å². The molecule has 138 valence electrons. The van der Waals surface area contributed by atoms with Crippen LogP contribution in [0, 0.1) is 13.8 Å². The molecule has 6 heteroatoms. The predicted molar refractivity (Wildman–Crippen MR) is 109 cm³/mol. The molecule has 0 spiro atoms. The smallest absolute Gasteiger partial charge is 0.308 e. The van der Waals surface area contributed by atoms with E-state index in [0.717, 1.165) is 38.2 Å². The number of fused-ring (bicyclic) bond motifs is 3. The third kappa shape index (κ3) is 3.13. The van der Waals surface area contributed by atoms with Crippen LogP contribution in [0.3, 0.4) is 0 Å². The summed E-state index contributed by atoms with van der Waals surface area (Å²) in [6.07, 6.45) is 0. The minimum atomic E-state index is -0.132. The van der Waals surface area contributed by atoms with Crippen molar-refractivity contribution < 1.29 is 0 Å². The number of nitrogens with zero attached hydrogens (tertiary/aromatic N) is 3. The van der Waals surface area contributed by atoms with Gasteiger partial charge in [-0.25, -0.2) is 13.9 Å². The topological polar surface area (TPSA) is 51.3 Å². The van der Waals surface area contributed by atoms with Crippen LogP contribution < -0.4 is 11.0 Å². The van der Waals surface area contributed by atoms with E-state index in [0.29, 0.717) is 18.7 Å². The Morgan fingerprint density at radius 3 is 2.59 bits per heavy atom.